The Morgan fingerprint density at radius 2 is 1.75 bits per heavy atom. The largest absolute Gasteiger partial charge is 0.368 e. The third-order valence-corrected chi connectivity index (χ3v) is 4.90. The molecule has 142 valence electrons. The summed E-state index contributed by atoms with van der Waals surface area (Å²) in [4.78, 5) is 25.3. The lowest BCUT2D eigenvalue weighted by Crippen LogP contribution is -2.46. The van der Waals surface area contributed by atoms with E-state index in [9.17, 15) is 4.79 Å². The quantitative estimate of drug-likeness (QED) is 0.745. The number of rotatable bonds is 5. The molecule has 0 bridgehead atoms. The van der Waals surface area contributed by atoms with Crippen LogP contribution in [0.3, 0.4) is 0 Å². The van der Waals surface area contributed by atoms with Crippen LogP contribution in [0.2, 0.25) is 0 Å². The summed E-state index contributed by atoms with van der Waals surface area (Å²) in [5, 5.41) is 2.81. The standard InChI is InChI=1S/C22H23N5O/c28-22(19-7-4-10-23-15-19)25-21-9-8-20(16-24-21)27-13-11-26(12-14-27)17-18-5-2-1-3-6-18/h1-10,15-16H,11-14,17H2,(H,24,25,28). The Labute approximate surface area is 164 Å². The van der Waals surface area contributed by atoms with Crippen LogP contribution in [0, 0.1) is 0 Å². The van der Waals surface area contributed by atoms with Crippen molar-refractivity contribution in [3.63, 3.8) is 0 Å². The molecule has 0 radical (unpaired) electrons. The van der Waals surface area contributed by atoms with Gasteiger partial charge in [-0.25, -0.2) is 4.98 Å². The monoisotopic (exact) mass is 373 g/mol. The molecule has 2 aromatic heterocycles. The molecule has 0 unspecified atom stereocenters. The zero-order valence-corrected chi connectivity index (χ0v) is 15.7. The number of pyridine rings is 2. The Bertz CT molecular complexity index is 891. The number of carbonyl (C=O) groups is 1. The highest BCUT2D eigenvalue weighted by atomic mass is 16.1. The van der Waals surface area contributed by atoms with Crippen LogP contribution in [0.25, 0.3) is 0 Å². The maximum absolute atomic E-state index is 12.2. The number of hydrogen-bond donors (Lipinski definition) is 1. The predicted molar refractivity (Wildman–Crippen MR) is 110 cm³/mol. The molecule has 6 nitrogen and oxygen atoms in total. The minimum Gasteiger partial charge on any atom is -0.368 e. The third-order valence-electron chi connectivity index (χ3n) is 4.90. The van der Waals surface area contributed by atoms with Crippen molar-refractivity contribution >= 4 is 17.4 Å². The molecule has 1 aromatic carbocycles. The number of nitrogens with one attached hydrogen (secondary N) is 1. The molecule has 1 aliphatic heterocycles. The van der Waals surface area contributed by atoms with Crippen LogP contribution in [-0.2, 0) is 6.54 Å². The molecule has 0 atom stereocenters. The number of benzene rings is 1. The van der Waals surface area contributed by atoms with Crippen molar-refractivity contribution in [2.75, 3.05) is 36.4 Å². The molecule has 1 fully saturated rings. The number of piperazine rings is 1. The number of nitrogens with zero attached hydrogens (tertiary/aromatic N) is 4. The van der Waals surface area contributed by atoms with Crippen molar-refractivity contribution in [3.05, 3.63) is 84.3 Å². The molecule has 3 heterocycles. The number of carbonyl (C=O) groups excluding carboxylic acids is 1. The van der Waals surface area contributed by atoms with Crippen LogP contribution in [0.5, 0.6) is 0 Å². The first kappa shape index (κ1) is 18.1. The van der Waals surface area contributed by atoms with Crippen LogP contribution >= 0.6 is 0 Å². The molecule has 4 rings (SSSR count). The molecule has 0 saturated carbocycles. The lowest BCUT2D eigenvalue weighted by molar-refractivity contribution is 0.102. The van der Waals surface area contributed by atoms with Gasteiger partial charge in [0.15, 0.2) is 0 Å². The average molecular weight is 373 g/mol. The second kappa shape index (κ2) is 8.63. The first-order valence-corrected chi connectivity index (χ1v) is 9.46. The van der Waals surface area contributed by atoms with Gasteiger partial charge in [0.25, 0.3) is 5.91 Å². The summed E-state index contributed by atoms with van der Waals surface area (Å²) < 4.78 is 0. The van der Waals surface area contributed by atoms with E-state index in [4.69, 9.17) is 0 Å². The van der Waals surface area contributed by atoms with Crippen molar-refractivity contribution in [2.45, 2.75) is 6.54 Å². The van der Waals surface area contributed by atoms with Crippen LogP contribution in [0.15, 0.2) is 73.2 Å². The van der Waals surface area contributed by atoms with Crippen LogP contribution < -0.4 is 10.2 Å². The topological polar surface area (TPSA) is 61.4 Å². The van der Waals surface area contributed by atoms with E-state index in [1.807, 2.05) is 18.3 Å². The number of amides is 1. The van der Waals surface area contributed by atoms with E-state index in [0.717, 1.165) is 38.4 Å². The highest BCUT2D eigenvalue weighted by Gasteiger charge is 2.17. The fraction of sp³-hybridized carbons (Fsp3) is 0.227. The second-order valence-corrected chi connectivity index (χ2v) is 6.85. The van der Waals surface area contributed by atoms with E-state index < -0.39 is 0 Å². The van der Waals surface area contributed by atoms with Gasteiger partial charge in [0, 0.05) is 45.1 Å². The van der Waals surface area contributed by atoms with E-state index in [1.165, 1.54) is 5.56 Å². The molecule has 6 heteroatoms. The first-order valence-electron chi connectivity index (χ1n) is 9.46. The van der Waals surface area contributed by atoms with Crippen molar-refractivity contribution in [1.29, 1.82) is 0 Å². The Balaban J connectivity index is 1.30. The Kier molecular flexibility index (Phi) is 5.58. The fourth-order valence-corrected chi connectivity index (χ4v) is 3.34. The Morgan fingerprint density at radius 1 is 0.929 bits per heavy atom. The van der Waals surface area contributed by atoms with E-state index in [1.54, 1.807) is 24.5 Å². The second-order valence-electron chi connectivity index (χ2n) is 6.85. The maximum atomic E-state index is 12.2. The maximum Gasteiger partial charge on any atom is 0.258 e. The number of anilines is 2. The van der Waals surface area contributed by atoms with Gasteiger partial charge in [-0.2, -0.15) is 0 Å². The van der Waals surface area contributed by atoms with Gasteiger partial charge in [-0.05, 0) is 29.8 Å². The molecule has 0 spiro atoms. The molecule has 0 aliphatic carbocycles. The van der Waals surface area contributed by atoms with Crippen LogP contribution in [-0.4, -0.2) is 47.0 Å². The van der Waals surface area contributed by atoms with Gasteiger partial charge in [0.1, 0.15) is 5.82 Å². The van der Waals surface area contributed by atoms with E-state index in [2.05, 4.69) is 55.4 Å². The van der Waals surface area contributed by atoms with Gasteiger partial charge >= 0.3 is 0 Å². The lowest BCUT2D eigenvalue weighted by atomic mass is 10.2. The summed E-state index contributed by atoms with van der Waals surface area (Å²) in [7, 11) is 0. The highest BCUT2D eigenvalue weighted by Crippen LogP contribution is 2.18. The molecular weight excluding hydrogens is 350 g/mol. The molecule has 3 aromatic rings. The number of hydrogen-bond acceptors (Lipinski definition) is 5. The molecule has 1 N–H and O–H groups in total. The normalized spacial score (nSPS) is 14.6. The zero-order valence-electron chi connectivity index (χ0n) is 15.7. The van der Waals surface area contributed by atoms with Crippen molar-refractivity contribution in [1.82, 2.24) is 14.9 Å². The van der Waals surface area contributed by atoms with Crippen molar-refractivity contribution in [2.24, 2.45) is 0 Å². The molecule has 1 amide bonds. The van der Waals surface area contributed by atoms with Gasteiger partial charge in [-0.3, -0.25) is 14.7 Å². The first-order chi connectivity index (χ1) is 13.8. The molecule has 28 heavy (non-hydrogen) atoms. The van der Waals surface area contributed by atoms with Gasteiger partial charge in [-0.1, -0.05) is 30.3 Å². The lowest BCUT2D eigenvalue weighted by Gasteiger charge is -2.36. The van der Waals surface area contributed by atoms with Gasteiger partial charge in [0.2, 0.25) is 0 Å². The van der Waals surface area contributed by atoms with E-state index in [0.29, 0.717) is 11.4 Å². The Morgan fingerprint density at radius 3 is 2.43 bits per heavy atom. The SMILES string of the molecule is O=C(Nc1ccc(N2CCN(Cc3ccccc3)CC2)cn1)c1cccnc1. The summed E-state index contributed by atoms with van der Waals surface area (Å²) in [6.07, 6.45) is 5.01. The highest BCUT2D eigenvalue weighted by molar-refractivity contribution is 6.03. The predicted octanol–water partition coefficient (Wildman–Crippen LogP) is 3.05. The summed E-state index contributed by atoms with van der Waals surface area (Å²) in [5.41, 5.74) is 2.95. The van der Waals surface area contributed by atoms with E-state index >= 15 is 0 Å². The fourth-order valence-electron chi connectivity index (χ4n) is 3.34. The molecule has 1 saturated heterocycles. The minimum atomic E-state index is -0.206. The Hall–Kier alpha value is -3.25. The molecule has 1 aliphatic rings. The minimum absolute atomic E-state index is 0.206. The summed E-state index contributed by atoms with van der Waals surface area (Å²) in [6.45, 7) is 4.97. The average Bonchev–Trinajstić information content (AvgIpc) is 2.76. The van der Waals surface area contributed by atoms with Gasteiger partial charge in [0.05, 0.1) is 17.4 Å². The molecular formula is C22H23N5O. The van der Waals surface area contributed by atoms with Crippen LogP contribution in [0.1, 0.15) is 15.9 Å². The van der Waals surface area contributed by atoms with Gasteiger partial charge < -0.3 is 10.2 Å². The summed E-state index contributed by atoms with van der Waals surface area (Å²) >= 11 is 0. The smallest absolute Gasteiger partial charge is 0.258 e. The number of aromatic nitrogens is 2. The summed E-state index contributed by atoms with van der Waals surface area (Å²) in [6, 6.07) is 17.9. The van der Waals surface area contributed by atoms with Gasteiger partial charge in [-0.15, -0.1) is 0 Å². The summed E-state index contributed by atoms with van der Waals surface area (Å²) in [5.74, 6) is 0.336. The van der Waals surface area contributed by atoms with E-state index in [-0.39, 0.29) is 5.91 Å². The van der Waals surface area contributed by atoms with Crippen molar-refractivity contribution in [3.8, 4) is 0 Å². The third kappa shape index (κ3) is 4.53. The zero-order chi connectivity index (χ0) is 19.2. The van der Waals surface area contributed by atoms with Crippen molar-refractivity contribution < 1.29 is 4.79 Å². The van der Waals surface area contributed by atoms with Crippen LogP contribution in [0.4, 0.5) is 11.5 Å².